The van der Waals surface area contributed by atoms with Gasteiger partial charge in [0.15, 0.2) is 5.82 Å². The number of nitrogens with one attached hydrogen (secondary N) is 1. The van der Waals surface area contributed by atoms with Crippen molar-refractivity contribution in [2.24, 2.45) is 0 Å². The Labute approximate surface area is 140 Å². The van der Waals surface area contributed by atoms with Crippen LogP contribution >= 0.6 is 0 Å². The average Bonchev–Trinajstić information content (AvgIpc) is 2.99. The number of fused-ring (bicyclic) bond motifs is 1. The lowest BCUT2D eigenvalue weighted by atomic mass is 10.0. The van der Waals surface area contributed by atoms with E-state index in [9.17, 15) is 4.79 Å². The van der Waals surface area contributed by atoms with Crippen LogP contribution in [0.15, 0.2) is 16.9 Å². The highest BCUT2D eigenvalue weighted by Gasteiger charge is 2.28. The van der Waals surface area contributed by atoms with E-state index in [2.05, 4.69) is 25.3 Å². The molecule has 1 aliphatic heterocycles. The van der Waals surface area contributed by atoms with Crippen molar-refractivity contribution < 1.29 is 14.1 Å². The van der Waals surface area contributed by atoms with Crippen molar-refractivity contribution >= 4 is 11.7 Å². The molecule has 2 aromatic heterocycles. The van der Waals surface area contributed by atoms with Gasteiger partial charge in [-0.3, -0.25) is 9.69 Å². The van der Waals surface area contributed by atoms with Crippen LogP contribution in [0.5, 0.6) is 5.88 Å². The van der Waals surface area contributed by atoms with E-state index in [1.54, 1.807) is 13.0 Å². The number of amides is 1. The second-order valence-corrected chi connectivity index (χ2v) is 5.75. The molecule has 0 aliphatic carbocycles. The van der Waals surface area contributed by atoms with Gasteiger partial charge in [-0.15, -0.1) is 0 Å². The number of hydrogen-bond donors (Lipinski definition) is 1. The highest BCUT2D eigenvalue weighted by molar-refractivity contribution is 5.93. The van der Waals surface area contributed by atoms with Gasteiger partial charge in [-0.05, 0) is 20.8 Å². The van der Waals surface area contributed by atoms with Crippen molar-refractivity contribution in [1.82, 2.24) is 20.0 Å². The van der Waals surface area contributed by atoms with E-state index in [-0.39, 0.29) is 11.9 Å². The Balaban J connectivity index is 1.71. The summed E-state index contributed by atoms with van der Waals surface area (Å²) in [5.41, 5.74) is 1.95. The maximum atomic E-state index is 12.4. The van der Waals surface area contributed by atoms with E-state index in [1.807, 2.05) is 13.8 Å². The Morgan fingerprint density at radius 1 is 1.50 bits per heavy atom. The van der Waals surface area contributed by atoms with Crippen LogP contribution in [0.3, 0.4) is 0 Å². The monoisotopic (exact) mass is 331 g/mol. The van der Waals surface area contributed by atoms with Crippen LogP contribution in [0.1, 0.15) is 30.9 Å². The van der Waals surface area contributed by atoms with Crippen molar-refractivity contribution in [2.75, 3.05) is 18.5 Å². The van der Waals surface area contributed by atoms with E-state index < -0.39 is 0 Å². The third-order valence-corrected chi connectivity index (χ3v) is 4.08. The molecule has 0 spiro atoms. The van der Waals surface area contributed by atoms with Crippen LogP contribution in [0.2, 0.25) is 0 Å². The molecular formula is C16H21N5O3. The molecule has 1 amide bonds. The van der Waals surface area contributed by atoms with Crippen LogP contribution in [0.4, 0.5) is 5.82 Å². The second-order valence-electron chi connectivity index (χ2n) is 5.75. The summed E-state index contributed by atoms with van der Waals surface area (Å²) >= 11 is 0. The summed E-state index contributed by atoms with van der Waals surface area (Å²) in [6.45, 7) is 7.45. The Kier molecular flexibility index (Phi) is 4.75. The lowest BCUT2D eigenvalue weighted by molar-refractivity contribution is -0.121. The van der Waals surface area contributed by atoms with Crippen LogP contribution in [0.25, 0.3) is 0 Å². The molecule has 1 unspecified atom stereocenters. The van der Waals surface area contributed by atoms with E-state index >= 15 is 0 Å². The number of ether oxygens (including phenoxy) is 1. The van der Waals surface area contributed by atoms with Gasteiger partial charge in [0, 0.05) is 31.1 Å². The Hall–Kier alpha value is -2.48. The third kappa shape index (κ3) is 3.38. The van der Waals surface area contributed by atoms with Crippen LogP contribution in [0, 0.1) is 6.92 Å². The van der Waals surface area contributed by atoms with Gasteiger partial charge in [-0.2, -0.15) is 0 Å². The maximum absolute atomic E-state index is 12.4. The summed E-state index contributed by atoms with van der Waals surface area (Å²) in [4.78, 5) is 23.1. The molecule has 0 bridgehead atoms. The quantitative estimate of drug-likeness (QED) is 0.888. The Morgan fingerprint density at radius 3 is 3.04 bits per heavy atom. The SMILES string of the molecule is CCOc1ncnc2c1CN(C(C)C(=O)Nc1cc(C)on1)CC2. The molecule has 1 aliphatic rings. The molecule has 0 fully saturated rings. The van der Waals surface area contributed by atoms with E-state index in [0.29, 0.717) is 30.6 Å². The van der Waals surface area contributed by atoms with E-state index in [0.717, 1.165) is 24.2 Å². The minimum atomic E-state index is -0.315. The van der Waals surface area contributed by atoms with Crippen molar-refractivity contribution in [2.45, 2.75) is 39.8 Å². The largest absolute Gasteiger partial charge is 0.478 e. The summed E-state index contributed by atoms with van der Waals surface area (Å²) in [6, 6.07) is 1.38. The first-order valence-corrected chi connectivity index (χ1v) is 8.02. The first-order valence-electron chi connectivity index (χ1n) is 8.02. The number of nitrogens with zero attached hydrogens (tertiary/aromatic N) is 4. The lowest BCUT2D eigenvalue weighted by Crippen LogP contribution is -2.44. The van der Waals surface area contributed by atoms with Crippen LogP contribution in [-0.4, -0.2) is 45.1 Å². The first kappa shape index (κ1) is 16.4. The first-order chi connectivity index (χ1) is 11.6. The van der Waals surface area contributed by atoms with Gasteiger partial charge in [-0.1, -0.05) is 5.16 Å². The fourth-order valence-electron chi connectivity index (χ4n) is 2.75. The van der Waals surface area contributed by atoms with Crippen molar-refractivity contribution in [3.05, 3.63) is 29.4 Å². The van der Waals surface area contributed by atoms with Gasteiger partial charge in [0.2, 0.25) is 11.8 Å². The average molecular weight is 331 g/mol. The number of hydrogen-bond acceptors (Lipinski definition) is 7. The smallest absolute Gasteiger partial charge is 0.242 e. The molecule has 1 N–H and O–H groups in total. The van der Waals surface area contributed by atoms with E-state index in [1.165, 1.54) is 6.33 Å². The number of aryl methyl sites for hydroxylation is 1. The molecular weight excluding hydrogens is 310 g/mol. The zero-order chi connectivity index (χ0) is 17.1. The minimum absolute atomic E-state index is 0.124. The van der Waals surface area contributed by atoms with Gasteiger partial charge in [0.1, 0.15) is 12.1 Å². The molecule has 3 heterocycles. The topological polar surface area (TPSA) is 93.4 Å². The molecule has 1 atom stereocenters. The van der Waals surface area contributed by atoms with Crippen molar-refractivity contribution in [1.29, 1.82) is 0 Å². The standard InChI is InChI=1S/C16H21N5O3/c1-4-23-16-12-8-21(6-5-13(12)17-9-18-16)11(3)15(22)19-14-7-10(2)24-20-14/h7,9,11H,4-6,8H2,1-3H3,(H,19,20,22). The molecule has 24 heavy (non-hydrogen) atoms. The number of aromatic nitrogens is 3. The fourth-order valence-corrected chi connectivity index (χ4v) is 2.75. The number of carbonyl (C=O) groups is 1. The molecule has 128 valence electrons. The normalized spacial score (nSPS) is 15.6. The predicted octanol–water partition coefficient (Wildman–Crippen LogP) is 1.56. The van der Waals surface area contributed by atoms with Crippen molar-refractivity contribution in [3.63, 3.8) is 0 Å². The fraction of sp³-hybridized carbons (Fsp3) is 0.500. The number of anilines is 1. The summed E-state index contributed by atoms with van der Waals surface area (Å²) in [5, 5.41) is 6.57. The molecule has 0 saturated heterocycles. The Bertz CT molecular complexity index is 730. The molecule has 8 heteroatoms. The van der Waals surface area contributed by atoms with E-state index in [4.69, 9.17) is 9.26 Å². The zero-order valence-electron chi connectivity index (χ0n) is 14.1. The highest BCUT2D eigenvalue weighted by Crippen LogP contribution is 2.26. The summed E-state index contributed by atoms with van der Waals surface area (Å²) < 4.78 is 10.6. The second kappa shape index (κ2) is 6.96. The van der Waals surface area contributed by atoms with Gasteiger partial charge in [0.05, 0.1) is 18.3 Å². The van der Waals surface area contributed by atoms with Crippen LogP contribution < -0.4 is 10.1 Å². The van der Waals surface area contributed by atoms with Crippen LogP contribution in [-0.2, 0) is 17.8 Å². The van der Waals surface area contributed by atoms with Crippen molar-refractivity contribution in [3.8, 4) is 5.88 Å². The zero-order valence-corrected chi connectivity index (χ0v) is 14.1. The number of rotatable bonds is 5. The molecule has 2 aromatic rings. The summed E-state index contributed by atoms with van der Waals surface area (Å²) in [5.74, 6) is 1.57. The lowest BCUT2D eigenvalue weighted by Gasteiger charge is -2.32. The van der Waals surface area contributed by atoms with Gasteiger partial charge in [0.25, 0.3) is 0 Å². The van der Waals surface area contributed by atoms with Gasteiger partial charge < -0.3 is 14.6 Å². The summed E-state index contributed by atoms with van der Waals surface area (Å²) in [6.07, 6.45) is 2.29. The molecule has 0 saturated carbocycles. The molecule has 3 rings (SSSR count). The highest BCUT2D eigenvalue weighted by atomic mass is 16.5. The number of carbonyl (C=O) groups excluding carboxylic acids is 1. The molecule has 8 nitrogen and oxygen atoms in total. The Morgan fingerprint density at radius 2 is 2.33 bits per heavy atom. The molecule has 0 aromatic carbocycles. The maximum Gasteiger partial charge on any atom is 0.242 e. The molecule has 0 radical (unpaired) electrons. The van der Waals surface area contributed by atoms with Gasteiger partial charge in [-0.25, -0.2) is 9.97 Å². The predicted molar refractivity (Wildman–Crippen MR) is 86.6 cm³/mol. The summed E-state index contributed by atoms with van der Waals surface area (Å²) in [7, 11) is 0. The van der Waals surface area contributed by atoms with Gasteiger partial charge >= 0.3 is 0 Å². The minimum Gasteiger partial charge on any atom is -0.478 e. The third-order valence-electron chi connectivity index (χ3n) is 4.08.